The Morgan fingerprint density at radius 3 is 3.00 bits per heavy atom. The maximum Gasteiger partial charge on any atom is 0.0931 e. The van der Waals surface area contributed by atoms with Gasteiger partial charge < -0.3 is 10.5 Å². The molecule has 0 unspecified atom stereocenters. The fourth-order valence-corrected chi connectivity index (χ4v) is 0.344. The summed E-state index contributed by atoms with van der Waals surface area (Å²) in [6.45, 7) is 2.85. The maximum absolute atomic E-state index is 8.07. The van der Waals surface area contributed by atoms with Crippen LogP contribution in [0.2, 0.25) is 0 Å². The average molecular weight is 126 g/mol. The van der Waals surface area contributed by atoms with Gasteiger partial charge in [-0.25, -0.2) is 0 Å². The van der Waals surface area contributed by atoms with Crippen molar-refractivity contribution in [3.8, 4) is 6.07 Å². The molecule has 0 rings (SSSR count). The molecule has 0 radical (unpaired) electrons. The second-order valence-electron chi connectivity index (χ2n) is 1.49. The van der Waals surface area contributed by atoms with E-state index in [0.717, 1.165) is 0 Å². The van der Waals surface area contributed by atoms with E-state index in [-0.39, 0.29) is 0 Å². The first kappa shape index (κ1) is 7.99. The molecule has 0 atom stereocenters. The third-order valence-electron chi connectivity index (χ3n) is 0.723. The first-order chi connectivity index (χ1) is 4.31. The maximum atomic E-state index is 8.07. The van der Waals surface area contributed by atoms with E-state index in [1.54, 1.807) is 0 Å². The minimum Gasteiger partial charge on any atom is -0.400 e. The van der Waals surface area contributed by atoms with Crippen molar-refractivity contribution in [2.45, 2.75) is 6.92 Å². The summed E-state index contributed by atoms with van der Waals surface area (Å²) in [4.78, 5) is 0. The van der Waals surface area contributed by atoms with Gasteiger partial charge in [-0.15, -0.1) is 0 Å². The largest absolute Gasteiger partial charge is 0.400 e. The van der Waals surface area contributed by atoms with Crippen molar-refractivity contribution in [1.29, 1.82) is 5.26 Å². The van der Waals surface area contributed by atoms with Crippen molar-refractivity contribution in [3.63, 3.8) is 0 Å². The molecule has 0 heterocycles. The molecule has 0 saturated carbocycles. The Balaban J connectivity index is 3.40. The van der Waals surface area contributed by atoms with Gasteiger partial charge in [-0.1, -0.05) is 0 Å². The molecule has 0 spiro atoms. The minimum absolute atomic E-state index is 0.351. The number of rotatable bonds is 3. The van der Waals surface area contributed by atoms with E-state index in [9.17, 15) is 0 Å². The van der Waals surface area contributed by atoms with Crippen LogP contribution in [0.1, 0.15) is 6.92 Å². The first-order valence-electron chi connectivity index (χ1n) is 2.73. The third kappa shape index (κ3) is 4.85. The van der Waals surface area contributed by atoms with Gasteiger partial charge in [0.05, 0.1) is 12.7 Å². The molecule has 0 saturated heterocycles. The van der Waals surface area contributed by atoms with Crippen LogP contribution in [-0.4, -0.2) is 13.2 Å². The van der Waals surface area contributed by atoms with Gasteiger partial charge in [-0.05, 0) is 6.92 Å². The normalized spacial score (nSPS) is 10.9. The van der Waals surface area contributed by atoms with Gasteiger partial charge in [0.2, 0.25) is 0 Å². The van der Waals surface area contributed by atoms with Gasteiger partial charge in [0.25, 0.3) is 0 Å². The van der Waals surface area contributed by atoms with Crippen molar-refractivity contribution >= 4 is 0 Å². The smallest absolute Gasteiger partial charge is 0.0931 e. The number of hydrogen-bond acceptors (Lipinski definition) is 3. The Kier molecular flexibility index (Phi) is 4.56. The molecule has 0 amide bonds. The van der Waals surface area contributed by atoms with Crippen LogP contribution in [0.25, 0.3) is 0 Å². The van der Waals surface area contributed by atoms with E-state index in [2.05, 4.69) is 0 Å². The Morgan fingerprint density at radius 1 is 1.89 bits per heavy atom. The highest BCUT2D eigenvalue weighted by molar-refractivity contribution is 5.10. The molecular formula is C6H10N2O. The minimum atomic E-state index is 0.351. The van der Waals surface area contributed by atoms with E-state index in [1.807, 2.05) is 13.0 Å². The molecular weight excluding hydrogens is 116 g/mol. The number of nitrogens with two attached hydrogens (primary N) is 1. The second kappa shape index (κ2) is 5.13. The van der Waals surface area contributed by atoms with Crippen LogP contribution in [0.5, 0.6) is 0 Å². The van der Waals surface area contributed by atoms with E-state index in [4.69, 9.17) is 15.7 Å². The van der Waals surface area contributed by atoms with Gasteiger partial charge in [0.1, 0.15) is 0 Å². The van der Waals surface area contributed by atoms with Crippen molar-refractivity contribution in [2.24, 2.45) is 5.73 Å². The lowest BCUT2D eigenvalue weighted by molar-refractivity contribution is 0.170. The molecule has 0 bridgehead atoms. The highest BCUT2D eigenvalue weighted by Gasteiger charge is 1.85. The number of hydrogen-bond donors (Lipinski definition) is 1. The van der Waals surface area contributed by atoms with Crippen LogP contribution in [0, 0.1) is 11.3 Å². The SMILES string of the molecule is CCOC/C(N)=C\C#N. The van der Waals surface area contributed by atoms with Crippen LogP contribution < -0.4 is 5.73 Å². The van der Waals surface area contributed by atoms with E-state index in [1.165, 1.54) is 6.08 Å². The molecule has 9 heavy (non-hydrogen) atoms. The molecule has 0 aromatic rings. The van der Waals surface area contributed by atoms with Crippen LogP contribution in [-0.2, 0) is 4.74 Å². The van der Waals surface area contributed by atoms with Crippen LogP contribution in [0.3, 0.4) is 0 Å². The third-order valence-corrected chi connectivity index (χ3v) is 0.723. The summed E-state index contributed by atoms with van der Waals surface area (Å²) in [5.74, 6) is 0. The average Bonchev–Trinajstić information content (AvgIpc) is 1.85. The summed E-state index contributed by atoms with van der Waals surface area (Å²) in [6.07, 6.45) is 1.27. The lowest BCUT2D eigenvalue weighted by atomic mass is 10.4. The van der Waals surface area contributed by atoms with Crippen LogP contribution >= 0.6 is 0 Å². The topological polar surface area (TPSA) is 59.0 Å². The first-order valence-corrected chi connectivity index (χ1v) is 2.73. The highest BCUT2D eigenvalue weighted by atomic mass is 16.5. The predicted molar refractivity (Wildman–Crippen MR) is 34.4 cm³/mol. The van der Waals surface area contributed by atoms with Gasteiger partial charge in [-0.3, -0.25) is 0 Å². The summed E-state index contributed by atoms with van der Waals surface area (Å²) in [5.41, 5.74) is 5.76. The van der Waals surface area contributed by atoms with E-state index >= 15 is 0 Å². The second-order valence-corrected chi connectivity index (χ2v) is 1.49. The zero-order valence-electron chi connectivity index (χ0n) is 5.42. The number of nitrogens with zero attached hydrogens (tertiary/aromatic N) is 1. The molecule has 0 aliphatic rings. The van der Waals surface area contributed by atoms with Crippen LogP contribution in [0.15, 0.2) is 11.8 Å². The van der Waals surface area contributed by atoms with Crippen molar-refractivity contribution < 1.29 is 4.74 Å². The van der Waals surface area contributed by atoms with Crippen molar-refractivity contribution in [3.05, 3.63) is 11.8 Å². The zero-order chi connectivity index (χ0) is 7.11. The summed E-state index contributed by atoms with van der Waals surface area (Å²) >= 11 is 0. The Bertz CT molecular complexity index is 134. The monoisotopic (exact) mass is 126 g/mol. The lowest BCUT2D eigenvalue weighted by Gasteiger charge is -1.97. The summed E-state index contributed by atoms with van der Waals surface area (Å²) in [6, 6.07) is 1.81. The molecule has 0 aromatic carbocycles. The van der Waals surface area contributed by atoms with Crippen molar-refractivity contribution in [1.82, 2.24) is 0 Å². The molecule has 0 aliphatic carbocycles. The standard InChI is InChI=1S/C6H10N2O/c1-2-9-5-6(8)3-4-7/h3H,2,5,8H2,1H3/b6-3+. The molecule has 50 valence electrons. The number of ether oxygens (including phenoxy) is 1. The lowest BCUT2D eigenvalue weighted by Crippen LogP contribution is -2.05. The molecule has 0 aromatic heterocycles. The highest BCUT2D eigenvalue weighted by Crippen LogP contribution is 1.83. The summed E-state index contributed by atoms with van der Waals surface area (Å²) in [5, 5.41) is 8.07. The summed E-state index contributed by atoms with van der Waals surface area (Å²) in [7, 11) is 0. The van der Waals surface area contributed by atoms with Crippen LogP contribution in [0.4, 0.5) is 0 Å². The fraction of sp³-hybridized carbons (Fsp3) is 0.500. The van der Waals surface area contributed by atoms with Crippen molar-refractivity contribution in [2.75, 3.05) is 13.2 Å². The Hall–Kier alpha value is -1.01. The quantitative estimate of drug-likeness (QED) is 0.556. The number of allylic oxidation sites excluding steroid dienone is 1. The van der Waals surface area contributed by atoms with Gasteiger partial charge >= 0.3 is 0 Å². The van der Waals surface area contributed by atoms with Gasteiger partial charge in [-0.2, -0.15) is 5.26 Å². The Labute approximate surface area is 54.7 Å². The van der Waals surface area contributed by atoms with E-state index in [0.29, 0.717) is 18.9 Å². The zero-order valence-corrected chi connectivity index (χ0v) is 5.42. The molecule has 0 aliphatic heterocycles. The molecule has 0 fully saturated rings. The van der Waals surface area contributed by atoms with Gasteiger partial charge in [0.15, 0.2) is 0 Å². The Morgan fingerprint density at radius 2 is 2.56 bits per heavy atom. The predicted octanol–water partition coefficient (Wildman–Crippen LogP) is 0.389. The van der Waals surface area contributed by atoms with Gasteiger partial charge in [0, 0.05) is 18.4 Å². The number of nitriles is 1. The molecule has 3 nitrogen and oxygen atoms in total. The molecule has 3 heteroatoms. The fourth-order valence-electron chi connectivity index (χ4n) is 0.344. The molecule has 2 N–H and O–H groups in total. The van der Waals surface area contributed by atoms with E-state index < -0.39 is 0 Å². The summed E-state index contributed by atoms with van der Waals surface area (Å²) < 4.78 is 4.90.